The number of halogens is 1. The average molecular weight is 497 g/mol. The van der Waals surface area contributed by atoms with Gasteiger partial charge in [0.25, 0.3) is 0 Å². The van der Waals surface area contributed by atoms with Crippen molar-refractivity contribution in [3.63, 3.8) is 0 Å². The first-order chi connectivity index (χ1) is 16.5. The number of amides is 2. The molecule has 0 aliphatic carbocycles. The minimum absolute atomic E-state index is 0.0201. The minimum atomic E-state index is -0.307. The summed E-state index contributed by atoms with van der Waals surface area (Å²) < 4.78 is 5.45. The number of aromatic nitrogens is 2. The van der Waals surface area contributed by atoms with Crippen LogP contribution in [0.4, 0.5) is 5.69 Å². The van der Waals surface area contributed by atoms with Crippen LogP contribution in [0.3, 0.4) is 0 Å². The van der Waals surface area contributed by atoms with Crippen molar-refractivity contribution in [2.24, 2.45) is 5.92 Å². The molecule has 9 heteroatoms. The van der Waals surface area contributed by atoms with Crippen molar-refractivity contribution in [2.75, 3.05) is 31.6 Å². The number of methoxy groups -OCH3 is 1. The predicted molar refractivity (Wildman–Crippen MR) is 132 cm³/mol. The molecule has 34 heavy (non-hydrogen) atoms. The van der Waals surface area contributed by atoms with Crippen molar-refractivity contribution in [1.29, 1.82) is 0 Å². The van der Waals surface area contributed by atoms with E-state index in [2.05, 4.69) is 10.2 Å². The molecule has 0 bridgehead atoms. The number of piperidine rings is 1. The molecule has 0 spiro atoms. The van der Waals surface area contributed by atoms with Gasteiger partial charge >= 0.3 is 0 Å². The van der Waals surface area contributed by atoms with Crippen LogP contribution in [0.2, 0.25) is 5.02 Å². The zero-order chi connectivity index (χ0) is 23.7. The summed E-state index contributed by atoms with van der Waals surface area (Å²) in [7, 11) is 1.65. The van der Waals surface area contributed by atoms with Crippen molar-refractivity contribution < 1.29 is 14.3 Å². The van der Waals surface area contributed by atoms with Crippen LogP contribution in [0.15, 0.2) is 48.5 Å². The van der Waals surface area contributed by atoms with Gasteiger partial charge in [0.2, 0.25) is 11.8 Å². The zero-order valence-electron chi connectivity index (χ0n) is 18.8. The highest BCUT2D eigenvalue weighted by Gasteiger charge is 2.38. The Morgan fingerprint density at radius 3 is 2.56 bits per heavy atom. The topological polar surface area (TPSA) is 75.6 Å². The van der Waals surface area contributed by atoms with Crippen molar-refractivity contribution in [3.05, 3.63) is 58.6 Å². The number of benzene rings is 2. The molecule has 5 rings (SSSR count). The minimum Gasteiger partial charge on any atom is -0.496 e. The van der Waals surface area contributed by atoms with Crippen molar-refractivity contribution in [3.8, 4) is 16.3 Å². The van der Waals surface area contributed by atoms with Crippen LogP contribution < -0.4 is 9.64 Å². The van der Waals surface area contributed by atoms with E-state index in [4.69, 9.17) is 16.3 Å². The Morgan fingerprint density at radius 2 is 1.82 bits per heavy atom. The van der Waals surface area contributed by atoms with Crippen molar-refractivity contribution >= 4 is 40.4 Å². The summed E-state index contributed by atoms with van der Waals surface area (Å²) in [5, 5.41) is 11.3. The van der Waals surface area contributed by atoms with E-state index in [0.29, 0.717) is 24.7 Å². The number of carbonyl (C=O) groups excluding carboxylic acids is 2. The van der Waals surface area contributed by atoms with Gasteiger partial charge in [-0.2, -0.15) is 0 Å². The highest BCUT2D eigenvalue weighted by atomic mass is 35.5. The lowest BCUT2D eigenvalue weighted by Crippen LogP contribution is -2.42. The monoisotopic (exact) mass is 496 g/mol. The van der Waals surface area contributed by atoms with Crippen LogP contribution in [0.1, 0.15) is 30.2 Å². The summed E-state index contributed by atoms with van der Waals surface area (Å²) in [6.45, 7) is 1.75. The molecule has 0 saturated carbocycles. The highest BCUT2D eigenvalue weighted by Crippen LogP contribution is 2.37. The van der Waals surface area contributed by atoms with E-state index < -0.39 is 0 Å². The van der Waals surface area contributed by atoms with E-state index in [0.717, 1.165) is 39.9 Å². The van der Waals surface area contributed by atoms with Gasteiger partial charge in [-0.25, -0.2) is 0 Å². The largest absolute Gasteiger partial charge is 0.496 e. The lowest BCUT2D eigenvalue weighted by molar-refractivity contribution is -0.136. The van der Waals surface area contributed by atoms with Crippen LogP contribution in [0, 0.1) is 5.92 Å². The Hall–Kier alpha value is -2.97. The maximum absolute atomic E-state index is 13.2. The molecule has 3 heterocycles. The molecule has 2 aromatic carbocycles. The highest BCUT2D eigenvalue weighted by molar-refractivity contribution is 7.14. The molecule has 2 aliphatic heterocycles. The van der Waals surface area contributed by atoms with Crippen LogP contribution in [-0.2, 0) is 9.59 Å². The Morgan fingerprint density at radius 1 is 1.09 bits per heavy atom. The van der Waals surface area contributed by atoms with Crippen LogP contribution in [-0.4, -0.2) is 53.7 Å². The SMILES string of the molecule is COc1ccccc1-c1nnc(C2CCN(C(=O)C3CC(=O)N(c4ccc(Cl)cc4)C3)CC2)s1. The summed E-state index contributed by atoms with van der Waals surface area (Å²) in [5.41, 5.74) is 1.73. The molecule has 2 amide bonds. The van der Waals surface area contributed by atoms with E-state index in [1.807, 2.05) is 41.3 Å². The third-order valence-corrected chi connectivity index (χ3v) is 7.92. The smallest absolute Gasteiger partial charge is 0.228 e. The fourth-order valence-corrected chi connectivity index (χ4v) is 5.85. The molecule has 7 nitrogen and oxygen atoms in total. The number of ether oxygens (including phenoxy) is 1. The molecule has 2 aliphatic rings. The Bertz CT molecular complexity index is 1190. The van der Waals surface area contributed by atoms with Gasteiger partial charge in [0, 0.05) is 42.7 Å². The fraction of sp³-hybridized carbons (Fsp3) is 0.360. The molecule has 176 valence electrons. The third-order valence-electron chi connectivity index (χ3n) is 6.55. The van der Waals surface area contributed by atoms with Crippen molar-refractivity contribution in [2.45, 2.75) is 25.2 Å². The summed E-state index contributed by atoms with van der Waals surface area (Å²) in [5.74, 6) is 0.798. The van der Waals surface area contributed by atoms with Gasteiger partial charge in [-0.1, -0.05) is 35.1 Å². The maximum atomic E-state index is 13.2. The lowest BCUT2D eigenvalue weighted by Gasteiger charge is -2.32. The predicted octanol–water partition coefficient (Wildman–Crippen LogP) is 4.63. The number of para-hydroxylation sites is 1. The summed E-state index contributed by atoms with van der Waals surface area (Å²) in [6.07, 6.45) is 1.93. The van der Waals surface area contributed by atoms with Crippen LogP contribution in [0.25, 0.3) is 10.6 Å². The number of hydrogen-bond acceptors (Lipinski definition) is 6. The van der Waals surface area contributed by atoms with E-state index in [-0.39, 0.29) is 30.1 Å². The Kier molecular flexibility index (Phi) is 6.52. The molecular weight excluding hydrogens is 472 g/mol. The summed E-state index contributed by atoms with van der Waals surface area (Å²) >= 11 is 7.55. The van der Waals surface area contributed by atoms with Gasteiger partial charge in [0.05, 0.1) is 18.6 Å². The number of hydrogen-bond donors (Lipinski definition) is 0. The second-order valence-corrected chi connectivity index (χ2v) is 10.1. The normalized spacial score (nSPS) is 19.0. The number of likely N-dealkylation sites (tertiary alicyclic amines) is 1. The second kappa shape index (κ2) is 9.72. The molecule has 2 saturated heterocycles. The molecule has 1 atom stereocenters. The number of rotatable bonds is 5. The molecule has 1 aromatic heterocycles. The molecule has 3 aromatic rings. The van der Waals surface area contributed by atoms with E-state index in [1.54, 1.807) is 35.5 Å². The van der Waals surface area contributed by atoms with Gasteiger partial charge in [-0.3, -0.25) is 9.59 Å². The van der Waals surface area contributed by atoms with E-state index >= 15 is 0 Å². The summed E-state index contributed by atoms with van der Waals surface area (Å²) in [6, 6.07) is 15.0. The Labute approximate surface area is 207 Å². The van der Waals surface area contributed by atoms with Gasteiger partial charge in [0.15, 0.2) is 5.01 Å². The van der Waals surface area contributed by atoms with Gasteiger partial charge in [-0.05, 0) is 49.2 Å². The molecule has 0 radical (unpaired) electrons. The molecule has 1 unspecified atom stereocenters. The van der Waals surface area contributed by atoms with Crippen LogP contribution >= 0.6 is 22.9 Å². The number of nitrogens with zero attached hydrogens (tertiary/aromatic N) is 4. The van der Waals surface area contributed by atoms with Crippen LogP contribution in [0.5, 0.6) is 5.75 Å². The van der Waals surface area contributed by atoms with Crippen molar-refractivity contribution in [1.82, 2.24) is 15.1 Å². The molecule has 0 N–H and O–H groups in total. The van der Waals surface area contributed by atoms with E-state index in [1.165, 1.54) is 0 Å². The third kappa shape index (κ3) is 4.52. The first-order valence-corrected chi connectivity index (χ1v) is 12.5. The maximum Gasteiger partial charge on any atom is 0.228 e. The van der Waals surface area contributed by atoms with E-state index in [9.17, 15) is 9.59 Å². The summed E-state index contributed by atoms with van der Waals surface area (Å²) in [4.78, 5) is 29.3. The second-order valence-electron chi connectivity index (χ2n) is 8.63. The quantitative estimate of drug-likeness (QED) is 0.515. The lowest BCUT2D eigenvalue weighted by atomic mass is 9.96. The zero-order valence-corrected chi connectivity index (χ0v) is 20.4. The van der Waals surface area contributed by atoms with Gasteiger partial charge in [0.1, 0.15) is 10.8 Å². The standard InChI is InChI=1S/C25H25ClN4O3S/c1-33-21-5-3-2-4-20(21)24-28-27-23(34-24)16-10-12-29(13-11-16)25(32)17-14-22(31)30(15-17)19-8-6-18(26)7-9-19/h2-9,16-17H,10-15H2,1H3. The molecular formula is C25H25ClN4O3S. The van der Waals surface area contributed by atoms with Gasteiger partial charge < -0.3 is 14.5 Å². The average Bonchev–Trinajstić information content (AvgIpc) is 3.51. The Balaban J connectivity index is 1.20. The fourth-order valence-electron chi connectivity index (χ4n) is 4.68. The molecule has 2 fully saturated rings. The van der Waals surface area contributed by atoms with Gasteiger partial charge in [-0.15, -0.1) is 10.2 Å². The number of anilines is 1. The first-order valence-electron chi connectivity index (χ1n) is 11.3. The first kappa shape index (κ1) is 22.8. The number of carbonyl (C=O) groups is 2.